The predicted octanol–water partition coefficient (Wildman–Crippen LogP) is 1.52. The van der Waals surface area contributed by atoms with Crippen molar-refractivity contribution in [3.05, 3.63) is 12.4 Å². The zero-order valence-electron chi connectivity index (χ0n) is 12.4. The van der Waals surface area contributed by atoms with Gasteiger partial charge in [-0.1, -0.05) is 12.8 Å². The number of ether oxygens (including phenoxy) is 1. The van der Waals surface area contributed by atoms with Crippen molar-refractivity contribution in [1.29, 1.82) is 0 Å². The molecule has 0 aromatic carbocycles. The molecule has 0 bridgehead atoms. The van der Waals surface area contributed by atoms with Crippen molar-refractivity contribution in [1.82, 2.24) is 9.78 Å². The molecule has 21 heavy (non-hydrogen) atoms. The lowest BCUT2D eigenvalue weighted by molar-refractivity contribution is -0.124. The first-order chi connectivity index (χ1) is 10.2. The summed E-state index contributed by atoms with van der Waals surface area (Å²) in [4.78, 5) is 12.5. The van der Waals surface area contributed by atoms with E-state index in [1.807, 2.05) is 10.9 Å². The fraction of sp³-hybridized carbons (Fsp3) is 0.733. The van der Waals surface area contributed by atoms with Crippen LogP contribution in [0.2, 0.25) is 0 Å². The van der Waals surface area contributed by atoms with Crippen LogP contribution in [0.5, 0.6) is 0 Å². The van der Waals surface area contributed by atoms with Crippen LogP contribution in [-0.4, -0.2) is 34.9 Å². The van der Waals surface area contributed by atoms with Gasteiger partial charge in [0.15, 0.2) is 0 Å². The van der Waals surface area contributed by atoms with E-state index in [0.29, 0.717) is 6.54 Å². The molecule has 2 aliphatic rings. The number of hydrogen-bond donors (Lipinski definition) is 2. The van der Waals surface area contributed by atoms with E-state index < -0.39 is 0 Å². The zero-order chi connectivity index (χ0) is 14.7. The molecule has 2 fully saturated rings. The SMILES string of the molecule is NCC1(C(=O)Nc2cnn(CC3CCCO3)c2)CCCC1. The van der Waals surface area contributed by atoms with E-state index in [-0.39, 0.29) is 17.4 Å². The Balaban J connectivity index is 1.59. The van der Waals surface area contributed by atoms with E-state index in [1.165, 1.54) is 0 Å². The first-order valence-corrected chi connectivity index (χ1v) is 7.87. The Labute approximate surface area is 125 Å². The van der Waals surface area contributed by atoms with Crippen LogP contribution >= 0.6 is 0 Å². The minimum absolute atomic E-state index is 0.0409. The van der Waals surface area contributed by atoms with Gasteiger partial charge in [0, 0.05) is 19.3 Å². The van der Waals surface area contributed by atoms with E-state index >= 15 is 0 Å². The molecule has 1 saturated carbocycles. The third-order valence-electron chi connectivity index (χ3n) is 4.74. The second-order valence-corrected chi connectivity index (χ2v) is 6.23. The molecule has 0 spiro atoms. The molecule has 116 valence electrons. The van der Waals surface area contributed by atoms with E-state index in [0.717, 1.165) is 57.4 Å². The molecular formula is C15H24N4O2. The van der Waals surface area contributed by atoms with Crippen molar-refractivity contribution in [2.24, 2.45) is 11.1 Å². The Morgan fingerprint density at radius 3 is 2.95 bits per heavy atom. The van der Waals surface area contributed by atoms with Crippen LogP contribution in [0.3, 0.4) is 0 Å². The molecule has 1 saturated heterocycles. The second-order valence-electron chi connectivity index (χ2n) is 6.23. The number of amides is 1. The molecule has 1 aliphatic carbocycles. The van der Waals surface area contributed by atoms with Gasteiger partial charge >= 0.3 is 0 Å². The van der Waals surface area contributed by atoms with Gasteiger partial charge in [-0.25, -0.2) is 0 Å². The van der Waals surface area contributed by atoms with Gasteiger partial charge < -0.3 is 15.8 Å². The quantitative estimate of drug-likeness (QED) is 0.862. The average molecular weight is 292 g/mol. The van der Waals surface area contributed by atoms with Crippen molar-refractivity contribution in [2.75, 3.05) is 18.5 Å². The third kappa shape index (κ3) is 3.11. The van der Waals surface area contributed by atoms with Crippen molar-refractivity contribution in [2.45, 2.75) is 51.2 Å². The van der Waals surface area contributed by atoms with Crippen molar-refractivity contribution in [3.63, 3.8) is 0 Å². The van der Waals surface area contributed by atoms with Crippen molar-refractivity contribution < 1.29 is 9.53 Å². The lowest BCUT2D eigenvalue weighted by Gasteiger charge is -2.25. The number of hydrogen-bond acceptors (Lipinski definition) is 4. The third-order valence-corrected chi connectivity index (χ3v) is 4.74. The Hall–Kier alpha value is -1.40. The molecule has 1 unspecified atom stereocenters. The maximum absolute atomic E-state index is 12.5. The molecule has 3 rings (SSSR count). The van der Waals surface area contributed by atoms with Gasteiger partial charge in [0.2, 0.25) is 5.91 Å². The number of anilines is 1. The summed E-state index contributed by atoms with van der Waals surface area (Å²) in [5, 5.41) is 7.28. The maximum atomic E-state index is 12.5. The summed E-state index contributed by atoms with van der Waals surface area (Å²) >= 11 is 0. The number of nitrogens with two attached hydrogens (primary N) is 1. The highest BCUT2D eigenvalue weighted by atomic mass is 16.5. The molecule has 1 aromatic heterocycles. The lowest BCUT2D eigenvalue weighted by Crippen LogP contribution is -2.40. The fourth-order valence-corrected chi connectivity index (χ4v) is 3.36. The Kier molecular flexibility index (Phi) is 4.26. The highest BCUT2D eigenvalue weighted by molar-refractivity contribution is 5.95. The smallest absolute Gasteiger partial charge is 0.231 e. The van der Waals surface area contributed by atoms with Crippen molar-refractivity contribution >= 4 is 11.6 Å². The normalized spacial score (nSPS) is 24.3. The second kappa shape index (κ2) is 6.15. The molecule has 1 aliphatic heterocycles. The van der Waals surface area contributed by atoms with Gasteiger partial charge in [-0.3, -0.25) is 9.48 Å². The minimum atomic E-state index is -0.378. The summed E-state index contributed by atoms with van der Waals surface area (Å²) in [7, 11) is 0. The number of carbonyl (C=O) groups is 1. The standard InChI is InChI=1S/C15H24N4O2/c16-11-15(5-1-2-6-15)14(20)18-12-8-17-19(9-12)10-13-4-3-7-21-13/h8-9,13H,1-7,10-11,16H2,(H,18,20). The summed E-state index contributed by atoms with van der Waals surface area (Å²) in [5.41, 5.74) is 6.21. The van der Waals surface area contributed by atoms with E-state index in [4.69, 9.17) is 10.5 Å². The Morgan fingerprint density at radius 1 is 1.48 bits per heavy atom. The van der Waals surface area contributed by atoms with Gasteiger partial charge in [0.05, 0.1) is 29.9 Å². The Bertz CT molecular complexity index is 488. The molecular weight excluding hydrogens is 268 g/mol. The highest BCUT2D eigenvalue weighted by Crippen LogP contribution is 2.38. The van der Waals surface area contributed by atoms with Crippen LogP contribution in [0, 0.1) is 5.41 Å². The van der Waals surface area contributed by atoms with E-state index in [2.05, 4.69) is 10.4 Å². The van der Waals surface area contributed by atoms with Gasteiger partial charge in [-0.2, -0.15) is 5.10 Å². The number of nitrogens with zero attached hydrogens (tertiary/aromatic N) is 2. The van der Waals surface area contributed by atoms with Crippen LogP contribution in [0.4, 0.5) is 5.69 Å². The fourth-order valence-electron chi connectivity index (χ4n) is 3.36. The summed E-state index contributed by atoms with van der Waals surface area (Å²) in [6.45, 7) is 2.01. The van der Waals surface area contributed by atoms with Crippen LogP contribution in [0.1, 0.15) is 38.5 Å². The van der Waals surface area contributed by atoms with Crippen LogP contribution in [-0.2, 0) is 16.1 Å². The number of nitrogens with one attached hydrogen (secondary N) is 1. The van der Waals surface area contributed by atoms with Gasteiger partial charge in [0.25, 0.3) is 0 Å². The lowest BCUT2D eigenvalue weighted by atomic mass is 9.85. The topological polar surface area (TPSA) is 82.2 Å². The number of carbonyl (C=O) groups excluding carboxylic acids is 1. The predicted molar refractivity (Wildman–Crippen MR) is 79.8 cm³/mol. The Morgan fingerprint density at radius 2 is 2.29 bits per heavy atom. The largest absolute Gasteiger partial charge is 0.376 e. The zero-order valence-corrected chi connectivity index (χ0v) is 12.4. The molecule has 3 N–H and O–H groups in total. The van der Waals surface area contributed by atoms with Gasteiger partial charge in [0.1, 0.15) is 0 Å². The van der Waals surface area contributed by atoms with E-state index in [1.54, 1.807) is 6.20 Å². The number of rotatable bonds is 5. The summed E-state index contributed by atoms with van der Waals surface area (Å²) in [6, 6.07) is 0. The highest BCUT2D eigenvalue weighted by Gasteiger charge is 2.39. The average Bonchev–Trinajstić information content (AvgIpc) is 3.21. The van der Waals surface area contributed by atoms with Gasteiger partial charge in [-0.15, -0.1) is 0 Å². The molecule has 6 heteroatoms. The molecule has 1 atom stereocenters. The molecule has 2 heterocycles. The minimum Gasteiger partial charge on any atom is -0.376 e. The first kappa shape index (κ1) is 14.5. The molecule has 1 aromatic rings. The number of aromatic nitrogens is 2. The first-order valence-electron chi connectivity index (χ1n) is 7.87. The maximum Gasteiger partial charge on any atom is 0.231 e. The molecule has 6 nitrogen and oxygen atoms in total. The molecule has 0 radical (unpaired) electrons. The molecule has 1 amide bonds. The van der Waals surface area contributed by atoms with Crippen molar-refractivity contribution in [3.8, 4) is 0 Å². The summed E-state index contributed by atoms with van der Waals surface area (Å²) in [5.74, 6) is 0.0409. The van der Waals surface area contributed by atoms with Crippen LogP contribution in [0.15, 0.2) is 12.4 Å². The van der Waals surface area contributed by atoms with E-state index in [9.17, 15) is 4.79 Å². The van der Waals surface area contributed by atoms with Crippen LogP contribution in [0.25, 0.3) is 0 Å². The summed E-state index contributed by atoms with van der Waals surface area (Å²) < 4.78 is 7.44. The monoisotopic (exact) mass is 292 g/mol. The summed E-state index contributed by atoms with van der Waals surface area (Å²) in [6.07, 6.45) is 9.97. The van der Waals surface area contributed by atoms with Crippen LogP contribution < -0.4 is 11.1 Å². The van der Waals surface area contributed by atoms with Gasteiger partial charge in [-0.05, 0) is 25.7 Å².